The molecule has 0 saturated carbocycles. The molecule has 5 nitrogen and oxygen atoms in total. The van der Waals surface area contributed by atoms with Gasteiger partial charge in [0.15, 0.2) is 11.0 Å². The smallest absolute Gasteiger partial charge is 0.237 e. The van der Waals surface area contributed by atoms with Crippen molar-refractivity contribution in [2.45, 2.75) is 31.5 Å². The standard InChI is InChI=1S/C26H23ClN4OS/c1-17-6-5-8-22(14-17)31-25(19-10-12-21(27)13-11-19)28-29-26(31)33-16-24(32)30-18(2)15-20-7-3-4-9-23(20)30/h3-14,18H,15-16H2,1-2H3. The Kier molecular flexibility index (Phi) is 5.96. The number of thioether (sulfide) groups is 1. The number of rotatable bonds is 5. The largest absolute Gasteiger partial charge is 0.308 e. The third-order valence-corrected chi connectivity index (χ3v) is 6.96. The molecule has 1 atom stereocenters. The Labute approximate surface area is 202 Å². The molecular weight excluding hydrogens is 452 g/mol. The van der Waals surface area contributed by atoms with Gasteiger partial charge in [0, 0.05) is 28.0 Å². The van der Waals surface area contributed by atoms with Crippen LogP contribution in [0.5, 0.6) is 0 Å². The highest BCUT2D eigenvalue weighted by Gasteiger charge is 2.30. The molecule has 0 fully saturated rings. The van der Waals surface area contributed by atoms with Gasteiger partial charge in [-0.25, -0.2) is 0 Å². The van der Waals surface area contributed by atoms with Crippen molar-refractivity contribution in [3.05, 3.63) is 88.9 Å². The van der Waals surface area contributed by atoms with Crippen molar-refractivity contribution < 1.29 is 4.79 Å². The summed E-state index contributed by atoms with van der Waals surface area (Å²) < 4.78 is 2.01. The second kappa shape index (κ2) is 9.04. The molecule has 0 spiro atoms. The number of hydrogen-bond acceptors (Lipinski definition) is 4. The van der Waals surface area contributed by atoms with E-state index in [-0.39, 0.29) is 17.7 Å². The van der Waals surface area contributed by atoms with Crippen molar-refractivity contribution in [1.82, 2.24) is 14.8 Å². The Bertz CT molecular complexity index is 1320. The van der Waals surface area contributed by atoms with Crippen LogP contribution in [0.4, 0.5) is 5.69 Å². The van der Waals surface area contributed by atoms with Gasteiger partial charge in [-0.2, -0.15) is 0 Å². The highest BCUT2D eigenvalue weighted by molar-refractivity contribution is 7.99. The minimum absolute atomic E-state index is 0.0734. The van der Waals surface area contributed by atoms with Crippen LogP contribution < -0.4 is 4.90 Å². The summed E-state index contributed by atoms with van der Waals surface area (Å²) in [6.07, 6.45) is 0.882. The van der Waals surface area contributed by atoms with E-state index in [1.54, 1.807) is 0 Å². The molecule has 33 heavy (non-hydrogen) atoms. The highest BCUT2D eigenvalue weighted by atomic mass is 35.5. The van der Waals surface area contributed by atoms with E-state index in [0.29, 0.717) is 16.0 Å². The molecule has 0 saturated heterocycles. The zero-order valence-corrected chi connectivity index (χ0v) is 20.0. The van der Waals surface area contributed by atoms with E-state index in [1.165, 1.54) is 17.3 Å². The average Bonchev–Trinajstić information content (AvgIpc) is 3.38. The number of amides is 1. The van der Waals surface area contributed by atoms with Gasteiger partial charge in [-0.3, -0.25) is 9.36 Å². The second-order valence-corrected chi connectivity index (χ2v) is 9.60. The normalized spacial score (nSPS) is 15.0. The van der Waals surface area contributed by atoms with Crippen LogP contribution in [0.3, 0.4) is 0 Å². The number of nitrogens with zero attached hydrogens (tertiary/aromatic N) is 4. The van der Waals surface area contributed by atoms with Crippen molar-refractivity contribution >= 4 is 35.0 Å². The summed E-state index contributed by atoms with van der Waals surface area (Å²) in [5.41, 5.74) is 5.24. The summed E-state index contributed by atoms with van der Waals surface area (Å²) in [6.45, 7) is 4.15. The number of anilines is 1. The van der Waals surface area contributed by atoms with Gasteiger partial charge >= 0.3 is 0 Å². The summed E-state index contributed by atoms with van der Waals surface area (Å²) in [6, 6.07) is 24.0. The van der Waals surface area contributed by atoms with Gasteiger partial charge in [0.2, 0.25) is 5.91 Å². The summed E-state index contributed by atoms with van der Waals surface area (Å²) >= 11 is 7.50. The monoisotopic (exact) mass is 474 g/mol. The highest BCUT2D eigenvalue weighted by Crippen LogP contribution is 2.34. The fraction of sp³-hybridized carbons (Fsp3) is 0.192. The van der Waals surface area contributed by atoms with E-state index in [0.717, 1.165) is 28.9 Å². The Balaban J connectivity index is 1.46. The topological polar surface area (TPSA) is 51.0 Å². The number of aryl methyl sites for hydroxylation is 1. The lowest BCUT2D eigenvalue weighted by Gasteiger charge is -2.22. The minimum Gasteiger partial charge on any atom is -0.308 e. The first-order chi connectivity index (χ1) is 16.0. The first kappa shape index (κ1) is 21.7. The molecule has 1 aliphatic heterocycles. The van der Waals surface area contributed by atoms with Gasteiger partial charge in [0.05, 0.1) is 5.75 Å². The lowest BCUT2D eigenvalue weighted by Crippen LogP contribution is -2.37. The predicted molar refractivity (Wildman–Crippen MR) is 134 cm³/mol. The molecule has 5 rings (SSSR count). The third-order valence-electron chi connectivity index (χ3n) is 5.80. The van der Waals surface area contributed by atoms with Gasteiger partial charge in [-0.1, -0.05) is 53.7 Å². The molecule has 0 N–H and O–H groups in total. The Morgan fingerprint density at radius 1 is 1.06 bits per heavy atom. The van der Waals surface area contributed by atoms with Gasteiger partial charge in [-0.05, 0) is 73.9 Å². The first-order valence-corrected chi connectivity index (χ1v) is 12.2. The molecule has 0 aliphatic carbocycles. The number of aromatic nitrogens is 3. The molecular formula is C26H23ClN4OS. The van der Waals surface area contributed by atoms with Gasteiger partial charge in [-0.15, -0.1) is 10.2 Å². The molecule has 166 valence electrons. The van der Waals surface area contributed by atoms with Crippen molar-refractivity contribution in [3.63, 3.8) is 0 Å². The molecule has 1 unspecified atom stereocenters. The van der Waals surface area contributed by atoms with Crippen LogP contribution in [0.15, 0.2) is 78.0 Å². The fourth-order valence-corrected chi connectivity index (χ4v) is 5.23. The summed E-state index contributed by atoms with van der Waals surface area (Å²) in [4.78, 5) is 15.2. The lowest BCUT2D eigenvalue weighted by molar-refractivity contribution is -0.116. The zero-order valence-electron chi connectivity index (χ0n) is 18.4. The molecule has 1 amide bonds. The quantitative estimate of drug-likeness (QED) is 0.334. The van der Waals surface area contributed by atoms with Crippen LogP contribution in [0.25, 0.3) is 17.1 Å². The summed E-state index contributed by atoms with van der Waals surface area (Å²) in [5, 5.41) is 10.3. The SMILES string of the molecule is Cc1cccc(-n2c(SCC(=O)N3c4ccccc4CC3C)nnc2-c2ccc(Cl)cc2)c1. The number of para-hydroxylation sites is 1. The average molecular weight is 475 g/mol. The first-order valence-electron chi connectivity index (χ1n) is 10.8. The van der Waals surface area contributed by atoms with Crippen molar-refractivity contribution in [2.75, 3.05) is 10.7 Å². The zero-order chi connectivity index (χ0) is 22.9. The van der Waals surface area contributed by atoms with Crippen molar-refractivity contribution in [3.8, 4) is 17.1 Å². The molecule has 0 radical (unpaired) electrons. The minimum atomic E-state index is 0.0734. The van der Waals surface area contributed by atoms with Crippen LogP contribution in [0.1, 0.15) is 18.1 Å². The maximum absolute atomic E-state index is 13.2. The fourth-order valence-electron chi connectivity index (χ4n) is 4.29. The van der Waals surface area contributed by atoms with E-state index in [9.17, 15) is 4.79 Å². The predicted octanol–water partition coefficient (Wildman–Crippen LogP) is 5.97. The summed E-state index contributed by atoms with van der Waals surface area (Å²) in [7, 11) is 0. The number of fused-ring (bicyclic) bond motifs is 1. The Morgan fingerprint density at radius 2 is 1.85 bits per heavy atom. The van der Waals surface area contributed by atoms with Crippen LogP contribution >= 0.6 is 23.4 Å². The molecule has 2 heterocycles. The van der Waals surface area contributed by atoms with Crippen molar-refractivity contribution in [2.24, 2.45) is 0 Å². The number of halogens is 1. The van der Waals surface area contributed by atoms with Crippen LogP contribution in [-0.4, -0.2) is 32.5 Å². The molecule has 0 bridgehead atoms. The van der Waals surface area contributed by atoms with E-state index in [4.69, 9.17) is 11.6 Å². The van der Waals surface area contributed by atoms with E-state index >= 15 is 0 Å². The second-order valence-electron chi connectivity index (χ2n) is 8.22. The van der Waals surface area contributed by atoms with Gasteiger partial charge in [0.25, 0.3) is 0 Å². The maximum atomic E-state index is 13.2. The van der Waals surface area contributed by atoms with Crippen molar-refractivity contribution in [1.29, 1.82) is 0 Å². The number of benzene rings is 3. The van der Waals surface area contributed by atoms with Gasteiger partial charge in [0.1, 0.15) is 0 Å². The molecule has 3 aromatic carbocycles. The van der Waals surface area contributed by atoms with Crippen LogP contribution in [0, 0.1) is 6.92 Å². The Morgan fingerprint density at radius 3 is 2.64 bits per heavy atom. The molecule has 1 aliphatic rings. The molecule has 4 aromatic rings. The Hall–Kier alpha value is -3.09. The van der Waals surface area contributed by atoms with E-state index in [2.05, 4.69) is 42.2 Å². The summed E-state index contributed by atoms with van der Waals surface area (Å²) in [5.74, 6) is 1.07. The molecule has 7 heteroatoms. The number of carbonyl (C=O) groups is 1. The third kappa shape index (κ3) is 4.28. The maximum Gasteiger partial charge on any atom is 0.237 e. The van der Waals surface area contributed by atoms with E-state index < -0.39 is 0 Å². The van der Waals surface area contributed by atoms with Crippen LogP contribution in [-0.2, 0) is 11.2 Å². The number of hydrogen-bond donors (Lipinski definition) is 0. The van der Waals surface area contributed by atoms with Gasteiger partial charge < -0.3 is 4.90 Å². The number of carbonyl (C=O) groups excluding carboxylic acids is 1. The van der Waals surface area contributed by atoms with E-state index in [1.807, 2.05) is 64.1 Å². The molecule has 1 aromatic heterocycles. The lowest BCUT2D eigenvalue weighted by atomic mass is 10.1. The van der Waals surface area contributed by atoms with Crippen LogP contribution in [0.2, 0.25) is 5.02 Å².